The van der Waals surface area contributed by atoms with E-state index in [1.165, 1.54) is 11.3 Å². The van der Waals surface area contributed by atoms with Crippen LogP contribution in [0.15, 0.2) is 75.6 Å². The second-order valence-electron chi connectivity index (χ2n) is 4.93. The van der Waals surface area contributed by atoms with Crippen LogP contribution in [0, 0.1) is 0 Å². The lowest BCUT2D eigenvalue weighted by Gasteiger charge is -2.04. The Morgan fingerprint density at radius 3 is 2.65 bits per heavy atom. The summed E-state index contributed by atoms with van der Waals surface area (Å²) >= 11 is 7.47. The van der Waals surface area contributed by atoms with Gasteiger partial charge >= 0.3 is 0 Å². The number of fused-ring (bicyclic) bond motifs is 1. The van der Waals surface area contributed by atoms with Crippen molar-refractivity contribution in [2.75, 3.05) is 0 Å². The third-order valence-corrected chi connectivity index (χ3v) is 4.33. The van der Waals surface area contributed by atoms with Gasteiger partial charge in [0.2, 0.25) is 5.13 Å². The molecule has 0 amide bonds. The average Bonchev–Trinajstić information content (AvgIpc) is 3.08. The normalized spacial score (nSPS) is 12.0. The number of hydrogen-bond acceptors (Lipinski definition) is 4. The first kappa shape index (κ1) is 14.2. The summed E-state index contributed by atoms with van der Waals surface area (Å²) in [5.41, 5.74) is 1.74. The maximum Gasteiger partial charge on any atom is 0.209 e. The molecule has 2 aromatic carbocycles. The maximum atomic E-state index is 6.03. The Morgan fingerprint density at radius 1 is 1.04 bits per heavy atom. The van der Waals surface area contributed by atoms with E-state index < -0.39 is 0 Å². The molecule has 4 rings (SSSR count). The molecular formula is C18H11ClN2OS. The molecular weight excluding hydrogens is 328 g/mol. The van der Waals surface area contributed by atoms with Gasteiger partial charge in [0.15, 0.2) is 0 Å². The van der Waals surface area contributed by atoms with E-state index in [9.17, 15) is 0 Å². The number of thiazole rings is 1. The molecule has 2 heterocycles. The Kier molecular flexibility index (Phi) is 3.69. The van der Waals surface area contributed by atoms with Crippen LogP contribution in [0.3, 0.4) is 0 Å². The van der Waals surface area contributed by atoms with Crippen molar-refractivity contribution in [3.63, 3.8) is 0 Å². The number of nitrogens with zero attached hydrogens (tertiary/aromatic N) is 2. The molecule has 0 saturated heterocycles. The van der Waals surface area contributed by atoms with Gasteiger partial charge in [0.05, 0.1) is 5.36 Å². The second-order valence-corrected chi connectivity index (χ2v) is 6.23. The molecule has 112 valence electrons. The molecule has 0 aliphatic rings. The highest BCUT2D eigenvalue weighted by atomic mass is 35.5. The minimum Gasteiger partial charge on any atom is -0.456 e. The summed E-state index contributed by atoms with van der Waals surface area (Å²) in [4.78, 5) is 8.89. The largest absolute Gasteiger partial charge is 0.456 e. The van der Waals surface area contributed by atoms with Gasteiger partial charge in [-0.15, -0.1) is 11.3 Å². The molecule has 0 fully saturated rings. The third-order valence-electron chi connectivity index (χ3n) is 3.41. The van der Waals surface area contributed by atoms with Crippen molar-refractivity contribution >= 4 is 39.0 Å². The van der Waals surface area contributed by atoms with Gasteiger partial charge in [-0.25, -0.2) is 9.98 Å². The SMILES string of the molecule is Clc1ccc(-c2cc(=Nc3nccs3)c3ccccc3o2)cc1. The summed E-state index contributed by atoms with van der Waals surface area (Å²) in [7, 11) is 0. The highest BCUT2D eigenvalue weighted by Crippen LogP contribution is 2.24. The zero-order valence-corrected chi connectivity index (χ0v) is 13.5. The van der Waals surface area contributed by atoms with Crippen molar-refractivity contribution in [2.45, 2.75) is 0 Å². The summed E-state index contributed by atoms with van der Waals surface area (Å²) < 4.78 is 6.03. The topological polar surface area (TPSA) is 38.4 Å². The fourth-order valence-electron chi connectivity index (χ4n) is 2.34. The first-order valence-electron chi connectivity index (χ1n) is 7.03. The number of hydrogen-bond donors (Lipinski definition) is 0. The average molecular weight is 339 g/mol. The Bertz CT molecular complexity index is 1020. The lowest BCUT2D eigenvalue weighted by atomic mass is 10.1. The van der Waals surface area contributed by atoms with Crippen LogP contribution in [0.2, 0.25) is 5.02 Å². The molecule has 0 saturated carbocycles. The lowest BCUT2D eigenvalue weighted by molar-refractivity contribution is 0.618. The fourth-order valence-corrected chi connectivity index (χ4v) is 2.98. The summed E-state index contributed by atoms with van der Waals surface area (Å²) in [6.07, 6.45) is 1.75. The Balaban J connectivity index is 1.99. The van der Waals surface area contributed by atoms with Crippen LogP contribution in [-0.4, -0.2) is 4.98 Å². The van der Waals surface area contributed by atoms with E-state index in [2.05, 4.69) is 9.98 Å². The molecule has 2 aromatic heterocycles. The van der Waals surface area contributed by atoms with Crippen LogP contribution in [0.4, 0.5) is 5.13 Å². The van der Waals surface area contributed by atoms with Crippen LogP contribution < -0.4 is 5.36 Å². The molecule has 0 unspecified atom stereocenters. The van der Waals surface area contributed by atoms with Gasteiger partial charge in [0.1, 0.15) is 11.3 Å². The van der Waals surface area contributed by atoms with E-state index in [1.54, 1.807) is 6.20 Å². The van der Waals surface area contributed by atoms with E-state index in [1.807, 2.05) is 60.0 Å². The second kappa shape index (κ2) is 5.99. The van der Waals surface area contributed by atoms with Gasteiger partial charge < -0.3 is 4.42 Å². The smallest absolute Gasteiger partial charge is 0.209 e. The minimum absolute atomic E-state index is 0.697. The molecule has 0 spiro atoms. The quantitative estimate of drug-likeness (QED) is 0.488. The van der Waals surface area contributed by atoms with E-state index >= 15 is 0 Å². The van der Waals surface area contributed by atoms with Crippen LogP contribution in [0.1, 0.15) is 0 Å². The van der Waals surface area contributed by atoms with Gasteiger partial charge in [-0.2, -0.15) is 0 Å². The summed E-state index contributed by atoms with van der Waals surface area (Å²) in [6, 6.07) is 17.4. The highest BCUT2D eigenvalue weighted by molar-refractivity contribution is 7.13. The Morgan fingerprint density at radius 2 is 1.87 bits per heavy atom. The number of para-hydroxylation sites is 1. The number of benzene rings is 2. The zero-order chi connectivity index (χ0) is 15.6. The fraction of sp³-hybridized carbons (Fsp3) is 0. The predicted octanol–water partition coefficient (Wildman–Crippen LogP) is 5.44. The molecule has 0 N–H and O–H groups in total. The van der Waals surface area contributed by atoms with Crippen LogP contribution in [0.5, 0.6) is 0 Å². The maximum absolute atomic E-state index is 6.03. The monoisotopic (exact) mass is 338 g/mol. The zero-order valence-electron chi connectivity index (χ0n) is 11.9. The van der Waals surface area contributed by atoms with E-state index in [0.29, 0.717) is 5.02 Å². The molecule has 5 heteroatoms. The molecule has 0 atom stereocenters. The van der Waals surface area contributed by atoms with Gasteiger partial charge in [-0.3, -0.25) is 0 Å². The third kappa shape index (κ3) is 2.91. The standard InChI is InChI=1S/C18H11ClN2OS/c19-13-7-5-12(6-8-13)17-11-15(21-18-20-9-10-23-18)14-3-1-2-4-16(14)22-17/h1-11H. The Labute approximate surface area is 141 Å². The number of rotatable bonds is 2. The predicted molar refractivity (Wildman–Crippen MR) is 94.0 cm³/mol. The van der Waals surface area contributed by atoms with E-state index in [-0.39, 0.29) is 0 Å². The summed E-state index contributed by atoms with van der Waals surface area (Å²) in [5.74, 6) is 0.746. The van der Waals surface area contributed by atoms with Crippen LogP contribution in [-0.2, 0) is 0 Å². The van der Waals surface area contributed by atoms with Gasteiger partial charge in [-0.1, -0.05) is 23.7 Å². The van der Waals surface area contributed by atoms with Crippen molar-refractivity contribution < 1.29 is 4.42 Å². The number of aromatic nitrogens is 1. The minimum atomic E-state index is 0.697. The molecule has 23 heavy (non-hydrogen) atoms. The van der Waals surface area contributed by atoms with E-state index in [4.69, 9.17) is 16.0 Å². The van der Waals surface area contributed by atoms with Crippen molar-refractivity contribution in [1.29, 1.82) is 0 Å². The van der Waals surface area contributed by atoms with E-state index in [0.717, 1.165) is 32.8 Å². The molecule has 0 bridgehead atoms. The first-order chi connectivity index (χ1) is 11.3. The van der Waals surface area contributed by atoms with Gasteiger partial charge in [0.25, 0.3) is 0 Å². The molecule has 0 aliphatic heterocycles. The summed E-state index contributed by atoms with van der Waals surface area (Å²) in [6.45, 7) is 0. The first-order valence-corrected chi connectivity index (χ1v) is 8.28. The van der Waals surface area contributed by atoms with Crippen molar-refractivity contribution in [3.05, 3.63) is 76.6 Å². The van der Waals surface area contributed by atoms with Crippen LogP contribution in [0.25, 0.3) is 22.3 Å². The lowest BCUT2D eigenvalue weighted by Crippen LogP contribution is -2.02. The van der Waals surface area contributed by atoms with Crippen LogP contribution >= 0.6 is 22.9 Å². The molecule has 0 radical (unpaired) electrons. The molecule has 0 aliphatic carbocycles. The van der Waals surface area contributed by atoms with Crippen molar-refractivity contribution in [3.8, 4) is 11.3 Å². The Hall–Kier alpha value is -2.43. The van der Waals surface area contributed by atoms with Gasteiger partial charge in [0, 0.05) is 33.6 Å². The van der Waals surface area contributed by atoms with Gasteiger partial charge in [-0.05, 0) is 36.4 Å². The molecule has 3 nitrogen and oxygen atoms in total. The number of halogens is 1. The molecule has 4 aromatic rings. The van der Waals surface area contributed by atoms with Crippen molar-refractivity contribution in [1.82, 2.24) is 4.98 Å². The summed E-state index contributed by atoms with van der Waals surface area (Å²) in [5, 5.41) is 5.13. The van der Waals surface area contributed by atoms with Crippen molar-refractivity contribution in [2.24, 2.45) is 4.99 Å². The highest BCUT2D eigenvalue weighted by Gasteiger charge is 2.06.